The van der Waals surface area contributed by atoms with Gasteiger partial charge in [0, 0.05) is 85.4 Å². The summed E-state index contributed by atoms with van der Waals surface area (Å²) in [5.74, 6) is -1.60. The maximum absolute atomic E-state index is 14.8. The van der Waals surface area contributed by atoms with Crippen molar-refractivity contribution in [2.75, 3.05) is 125 Å². The number of benzene rings is 4. The Hall–Kier alpha value is -4.13. The summed E-state index contributed by atoms with van der Waals surface area (Å²) in [7, 11) is -6.90. The molecule has 0 saturated heterocycles. The van der Waals surface area contributed by atoms with Crippen LogP contribution in [0.2, 0.25) is 0 Å². The van der Waals surface area contributed by atoms with Crippen molar-refractivity contribution in [3.8, 4) is 5.75 Å². The van der Waals surface area contributed by atoms with Crippen LogP contribution in [0.3, 0.4) is 0 Å². The van der Waals surface area contributed by atoms with Crippen LogP contribution in [0.1, 0.15) is 51.4 Å². The van der Waals surface area contributed by atoms with Gasteiger partial charge in [0.2, 0.25) is 20.0 Å². The van der Waals surface area contributed by atoms with Gasteiger partial charge in [-0.1, -0.05) is 31.0 Å². The van der Waals surface area contributed by atoms with Gasteiger partial charge in [0.1, 0.15) is 24.4 Å². The molecule has 0 bridgehead atoms. The summed E-state index contributed by atoms with van der Waals surface area (Å²) < 4.78 is 118. The zero-order valence-corrected chi connectivity index (χ0v) is 44.0. The molecule has 23 nitrogen and oxygen atoms in total. The lowest BCUT2D eigenvalue weighted by atomic mass is 9.92. The maximum Gasteiger partial charge on any atom is 0.397 e. The molecule has 0 heterocycles. The normalized spacial score (nSPS) is 13.5. The number of carboxylic acids is 2. The van der Waals surface area contributed by atoms with Crippen molar-refractivity contribution in [2.45, 2.75) is 73.2 Å². The molecule has 4 rings (SSSR count). The first-order valence-corrected chi connectivity index (χ1v) is 28.1. The van der Waals surface area contributed by atoms with E-state index in [2.05, 4.69) is 14.8 Å². The van der Waals surface area contributed by atoms with Gasteiger partial charge in [-0.05, 0) is 76.8 Å². The van der Waals surface area contributed by atoms with Gasteiger partial charge in [-0.15, -0.1) is 0 Å². The zero-order valence-electron chi connectivity index (χ0n) is 41.5. The van der Waals surface area contributed by atoms with Crippen molar-refractivity contribution < 1.29 is 72.7 Å². The molecule has 0 radical (unpaired) electrons. The van der Waals surface area contributed by atoms with Crippen molar-refractivity contribution >= 4 is 80.4 Å². The molecule has 26 heteroatoms. The molecule has 406 valence electrons. The number of rotatable bonds is 39. The molecule has 2 atom stereocenters. The minimum Gasteiger partial charge on any atom is -0.490 e. The second-order valence-corrected chi connectivity index (χ2v) is 22.4. The zero-order chi connectivity index (χ0) is 53.1. The first-order valence-electron chi connectivity index (χ1n) is 23.9. The smallest absolute Gasteiger partial charge is 0.397 e. The van der Waals surface area contributed by atoms with Crippen molar-refractivity contribution in [3.05, 3.63) is 36.4 Å². The number of hydrogen-bond donors (Lipinski definition) is 7. The molecule has 2 unspecified atom stereocenters. The first-order chi connectivity index (χ1) is 34.2. The number of unbranched alkanes of at least 4 members (excludes halogenated alkanes) is 2. The third kappa shape index (κ3) is 17.2. The van der Waals surface area contributed by atoms with Crippen LogP contribution >= 0.6 is 0 Å². The number of nitrogens with zero attached hydrogens (tertiary/aromatic N) is 3. The fourth-order valence-electron chi connectivity index (χ4n) is 8.09. The van der Waals surface area contributed by atoms with Gasteiger partial charge in [-0.2, -0.15) is 8.42 Å². The minimum absolute atomic E-state index is 0.0196. The molecular formula is C46H73N7O16S3. The van der Waals surface area contributed by atoms with Crippen molar-refractivity contribution in [3.63, 3.8) is 0 Å². The first kappa shape index (κ1) is 60.4. The number of nitrogens with two attached hydrogens (primary N) is 2. The van der Waals surface area contributed by atoms with E-state index >= 15 is 0 Å². The molecule has 0 amide bonds. The SMILES string of the molecule is CN(C)c1cc(OCCOCCOCCOCCOS(=O)(=O)O)c2ccc3c(S(=O)(=O)N(C)CCCNC(CCCCN)C(=O)O)cc(S(=O)(=O)N(C)CCCNC(CCCCN)C(=O)O)c4ccc1c2c34. The summed E-state index contributed by atoms with van der Waals surface area (Å²) in [6.45, 7) is 1.91. The van der Waals surface area contributed by atoms with Crippen LogP contribution in [0, 0.1) is 0 Å². The highest BCUT2D eigenvalue weighted by atomic mass is 32.3. The Morgan fingerprint density at radius 3 is 1.43 bits per heavy atom. The molecule has 0 aromatic heterocycles. The van der Waals surface area contributed by atoms with Gasteiger partial charge >= 0.3 is 22.3 Å². The quantitative estimate of drug-likeness (QED) is 0.0191. The number of aliphatic carboxylic acids is 2. The predicted octanol–water partition coefficient (Wildman–Crippen LogP) is 2.26. The number of anilines is 1. The van der Waals surface area contributed by atoms with Gasteiger partial charge in [0.15, 0.2) is 0 Å². The Morgan fingerprint density at radius 1 is 0.583 bits per heavy atom. The van der Waals surface area contributed by atoms with Crippen LogP contribution in [0.15, 0.2) is 46.2 Å². The Morgan fingerprint density at radius 2 is 1.00 bits per heavy atom. The van der Waals surface area contributed by atoms with E-state index in [0.717, 1.165) is 8.61 Å². The predicted molar refractivity (Wildman–Crippen MR) is 273 cm³/mol. The third-order valence-electron chi connectivity index (χ3n) is 11.9. The number of carboxylic acid groups (broad SMARTS) is 2. The van der Waals surface area contributed by atoms with E-state index in [1.807, 2.05) is 25.1 Å². The van der Waals surface area contributed by atoms with Crippen LogP contribution in [0.4, 0.5) is 5.69 Å². The van der Waals surface area contributed by atoms with Crippen molar-refractivity contribution in [1.82, 2.24) is 19.2 Å². The van der Waals surface area contributed by atoms with E-state index in [0.29, 0.717) is 84.6 Å². The van der Waals surface area contributed by atoms with E-state index in [9.17, 15) is 45.1 Å². The average molecular weight is 1080 g/mol. The maximum atomic E-state index is 14.8. The Bertz CT molecular complexity index is 2600. The van der Waals surface area contributed by atoms with E-state index in [1.54, 1.807) is 24.3 Å². The lowest BCUT2D eigenvalue weighted by molar-refractivity contribution is -0.140. The van der Waals surface area contributed by atoms with Crippen LogP contribution in [-0.2, 0) is 58.4 Å². The van der Waals surface area contributed by atoms with Gasteiger partial charge < -0.3 is 56.2 Å². The van der Waals surface area contributed by atoms with Gasteiger partial charge in [-0.25, -0.2) is 29.6 Å². The summed E-state index contributed by atoms with van der Waals surface area (Å²) in [4.78, 5) is 25.2. The second-order valence-electron chi connectivity index (χ2n) is 17.3. The molecule has 9 N–H and O–H groups in total. The molecule has 0 saturated carbocycles. The monoisotopic (exact) mass is 1080 g/mol. The lowest BCUT2D eigenvalue weighted by Crippen LogP contribution is -2.39. The Balaban J connectivity index is 1.66. The molecule has 0 aliphatic rings. The van der Waals surface area contributed by atoms with Gasteiger partial charge in [0.05, 0.1) is 56.0 Å². The fourth-order valence-corrected chi connectivity index (χ4v) is 11.3. The summed E-state index contributed by atoms with van der Waals surface area (Å²) in [5, 5.41) is 28.3. The van der Waals surface area contributed by atoms with E-state index in [4.69, 9.17) is 35.0 Å². The van der Waals surface area contributed by atoms with E-state index in [-0.39, 0.29) is 112 Å². The van der Waals surface area contributed by atoms with Crippen LogP contribution in [-0.4, -0.2) is 193 Å². The van der Waals surface area contributed by atoms with Crippen molar-refractivity contribution in [1.29, 1.82) is 0 Å². The average Bonchev–Trinajstić information content (AvgIpc) is 3.32. The standard InChI is InChI=1S/C46H73N7O16S3/c1-51(2)39-31-40(68-29-27-66-25-23-65-24-26-67-28-30-69-72(62,63)64)34-14-16-36-42(71(60,61)53(4)22-10-20-50-38(46(56)57)12-6-8-18-48)32-41(35-15-13-33(39)43(34)44(35)36)70(58,59)52(3)21-9-19-49-37(45(54)55)11-5-7-17-47/h13-16,31-32,37-38,49-50H,5-12,17-30,47-48H2,1-4H3,(H,54,55)(H,56,57)(H,62,63,64). The molecule has 72 heavy (non-hydrogen) atoms. The number of sulfonamides is 2. The summed E-state index contributed by atoms with van der Waals surface area (Å²) in [6.07, 6.45) is 3.78. The third-order valence-corrected chi connectivity index (χ3v) is 16.1. The summed E-state index contributed by atoms with van der Waals surface area (Å²) in [6, 6.07) is 8.26. The van der Waals surface area contributed by atoms with Crippen molar-refractivity contribution in [2.24, 2.45) is 11.5 Å². The van der Waals surface area contributed by atoms with E-state index in [1.165, 1.54) is 20.2 Å². The molecular weight excluding hydrogens is 1000 g/mol. The molecule has 0 aliphatic heterocycles. The topological polar surface area (TPSA) is 329 Å². The molecule has 0 aliphatic carbocycles. The summed E-state index contributed by atoms with van der Waals surface area (Å²) in [5.41, 5.74) is 11.9. The number of ether oxygens (including phenoxy) is 4. The molecule has 0 fully saturated rings. The lowest BCUT2D eigenvalue weighted by Gasteiger charge is -2.25. The highest BCUT2D eigenvalue weighted by Crippen LogP contribution is 2.46. The largest absolute Gasteiger partial charge is 0.490 e. The van der Waals surface area contributed by atoms with Gasteiger partial charge in [0.25, 0.3) is 0 Å². The van der Waals surface area contributed by atoms with E-state index < -0.39 is 54.5 Å². The Kier molecular flexibility index (Phi) is 24.4. The summed E-state index contributed by atoms with van der Waals surface area (Å²) >= 11 is 0. The highest BCUT2D eigenvalue weighted by molar-refractivity contribution is 7.90. The molecule has 0 spiro atoms. The van der Waals surface area contributed by atoms with Crippen LogP contribution in [0.5, 0.6) is 5.75 Å². The highest BCUT2D eigenvalue weighted by Gasteiger charge is 2.32. The molecule has 4 aromatic carbocycles. The number of hydrogen-bond acceptors (Lipinski definition) is 18. The fraction of sp³-hybridized carbons (Fsp3) is 0.609. The second kappa shape index (κ2) is 29.1. The molecule has 4 aromatic rings. The Labute approximate surface area is 422 Å². The number of nitrogens with one attached hydrogen (secondary N) is 2. The van der Waals surface area contributed by atoms with Crippen LogP contribution < -0.4 is 31.7 Å². The minimum atomic E-state index is -4.53. The van der Waals surface area contributed by atoms with Gasteiger partial charge in [-0.3, -0.25) is 14.1 Å². The van der Waals surface area contributed by atoms with Crippen LogP contribution in [0.25, 0.3) is 32.3 Å². The number of carbonyl (C=O) groups is 2.